The molecule has 0 radical (unpaired) electrons. The van der Waals surface area contributed by atoms with E-state index in [1.54, 1.807) is 23.2 Å². The van der Waals surface area contributed by atoms with Crippen LogP contribution in [0.1, 0.15) is 56.4 Å². The quantitative estimate of drug-likeness (QED) is 0.329. The van der Waals surface area contributed by atoms with Crippen LogP contribution < -0.4 is 16.0 Å². The molecule has 2 aliphatic heterocycles. The van der Waals surface area contributed by atoms with Crippen molar-refractivity contribution in [3.05, 3.63) is 53.5 Å². The number of benzene rings is 1. The summed E-state index contributed by atoms with van der Waals surface area (Å²) >= 11 is 0. The van der Waals surface area contributed by atoms with Gasteiger partial charge >= 0.3 is 12.2 Å². The van der Waals surface area contributed by atoms with E-state index in [9.17, 15) is 18.0 Å². The molecule has 0 aliphatic carbocycles. The molecule has 214 valence electrons. The van der Waals surface area contributed by atoms with Gasteiger partial charge in [-0.1, -0.05) is 32.9 Å². The third-order valence-corrected chi connectivity index (χ3v) is 7.86. The summed E-state index contributed by atoms with van der Waals surface area (Å²) in [7, 11) is 0. The molecular weight excluding hydrogens is 521 g/mol. The van der Waals surface area contributed by atoms with Gasteiger partial charge in [0, 0.05) is 50.1 Å². The number of carbonyl (C=O) groups is 1. The Hall–Kier alpha value is -3.67. The highest BCUT2D eigenvalue weighted by Gasteiger charge is 2.36. The molecule has 2 aliphatic rings. The molecule has 12 heteroatoms. The Balaban J connectivity index is 1.31. The lowest BCUT2D eigenvalue weighted by atomic mass is 9.80. The van der Waals surface area contributed by atoms with Gasteiger partial charge in [-0.25, -0.2) is 14.8 Å². The molecular formula is C28H35F3N8O. The second-order valence-corrected chi connectivity index (χ2v) is 11.6. The van der Waals surface area contributed by atoms with Crippen LogP contribution in [0.15, 0.2) is 36.7 Å². The fourth-order valence-corrected chi connectivity index (χ4v) is 5.39. The lowest BCUT2D eigenvalue weighted by Gasteiger charge is -2.27. The molecule has 1 aromatic carbocycles. The van der Waals surface area contributed by atoms with Crippen LogP contribution in [0.3, 0.4) is 0 Å². The number of carbonyl (C=O) groups excluding carboxylic acids is 1. The second-order valence-electron chi connectivity index (χ2n) is 11.6. The van der Waals surface area contributed by atoms with E-state index >= 15 is 0 Å². The minimum Gasteiger partial charge on any atom is -0.334 e. The van der Waals surface area contributed by atoms with E-state index in [0.29, 0.717) is 30.3 Å². The molecule has 0 saturated carbocycles. The average molecular weight is 557 g/mol. The summed E-state index contributed by atoms with van der Waals surface area (Å²) in [6, 6.07) is 5.28. The summed E-state index contributed by atoms with van der Waals surface area (Å²) in [4.78, 5) is 23.1. The van der Waals surface area contributed by atoms with Crippen molar-refractivity contribution >= 4 is 17.7 Å². The van der Waals surface area contributed by atoms with Crippen LogP contribution in [0, 0.1) is 11.3 Å². The van der Waals surface area contributed by atoms with Crippen molar-refractivity contribution in [3.8, 4) is 11.3 Å². The molecule has 2 amide bonds. The molecule has 1 unspecified atom stereocenters. The number of nitrogens with one attached hydrogen (secondary N) is 4. The fraction of sp³-hybridized carbons (Fsp3) is 0.500. The van der Waals surface area contributed by atoms with Crippen molar-refractivity contribution in [2.75, 3.05) is 31.5 Å². The molecule has 2 aromatic heterocycles. The maximum Gasteiger partial charge on any atom is 0.416 e. The number of aromatic amines is 1. The van der Waals surface area contributed by atoms with Gasteiger partial charge in [0.05, 0.1) is 22.6 Å². The molecule has 5 rings (SSSR count). The zero-order valence-electron chi connectivity index (χ0n) is 22.9. The van der Waals surface area contributed by atoms with Crippen LogP contribution in [0.5, 0.6) is 0 Å². The Morgan fingerprint density at radius 3 is 2.70 bits per heavy atom. The lowest BCUT2D eigenvalue weighted by molar-refractivity contribution is -0.138. The van der Waals surface area contributed by atoms with E-state index < -0.39 is 11.7 Å². The molecule has 2 atom stereocenters. The predicted octanol–water partition coefficient (Wildman–Crippen LogP) is 5.28. The molecule has 3 aromatic rings. The number of H-pyrrole nitrogens is 1. The number of hydrogen-bond donors (Lipinski definition) is 4. The zero-order valence-corrected chi connectivity index (χ0v) is 22.9. The van der Waals surface area contributed by atoms with E-state index in [1.807, 2.05) is 0 Å². The van der Waals surface area contributed by atoms with E-state index in [2.05, 4.69) is 56.9 Å². The monoisotopic (exact) mass is 556 g/mol. The number of anilines is 2. The number of alkyl halides is 3. The van der Waals surface area contributed by atoms with Gasteiger partial charge in [0.2, 0.25) is 5.95 Å². The first-order chi connectivity index (χ1) is 19.0. The van der Waals surface area contributed by atoms with Gasteiger partial charge in [0.1, 0.15) is 0 Å². The molecule has 0 bridgehead atoms. The Morgan fingerprint density at radius 2 is 2.00 bits per heavy atom. The second kappa shape index (κ2) is 11.1. The number of rotatable bonds is 6. The number of amides is 2. The van der Waals surface area contributed by atoms with E-state index in [1.165, 1.54) is 12.3 Å². The fourth-order valence-electron chi connectivity index (χ4n) is 5.39. The molecule has 4 heterocycles. The van der Waals surface area contributed by atoms with Gasteiger partial charge in [-0.05, 0) is 48.4 Å². The van der Waals surface area contributed by atoms with Gasteiger partial charge < -0.3 is 20.9 Å². The van der Waals surface area contributed by atoms with Crippen molar-refractivity contribution in [2.45, 2.75) is 52.3 Å². The standard InChI is InChI=1S/C28H35F3N8O/c1-27(2,3)20-8-11-39(16-20)26(40)34-14-18-5-4-17(12-21(18)28(29,30)31)22-7-10-33-25(36-22)37-23-15-35-38-24(23)19-6-9-32-13-19/h4-5,7,10,12,15,19-20,32H,6,8-9,11,13-14,16H2,1-3H3,(H,34,40)(H,35,38)(H,33,36,37)/t19-,20?/m1/s1. The van der Waals surface area contributed by atoms with Crippen LogP contribution in [0.25, 0.3) is 11.3 Å². The first-order valence-electron chi connectivity index (χ1n) is 13.6. The van der Waals surface area contributed by atoms with Crippen molar-refractivity contribution in [2.24, 2.45) is 11.3 Å². The number of halogens is 3. The zero-order chi connectivity index (χ0) is 28.5. The Bertz CT molecular complexity index is 1340. The van der Waals surface area contributed by atoms with Gasteiger partial charge in [-0.2, -0.15) is 18.3 Å². The number of hydrogen-bond acceptors (Lipinski definition) is 6. The largest absolute Gasteiger partial charge is 0.416 e. The number of aromatic nitrogens is 4. The van der Waals surface area contributed by atoms with Gasteiger partial charge in [0.25, 0.3) is 0 Å². The Labute approximate surface area is 231 Å². The van der Waals surface area contributed by atoms with Gasteiger partial charge in [-0.15, -0.1) is 0 Å². The normalized spacial score (nSPS) is 19.7. The summed E-state index contributed by atoms with van der Waals surface area (Å²) in [5.74, 6) is 0.871. The van der Waals surface area contributed by atoms with Crippen molar-refractivity contribution < 1.29 is 18.0 Å². The summed E-state index contributed by atoms with van der Waals surface area (Å²) in [6.07, 6.45) is 0.470. The highest BCUT2D eigenvalue weighted by Crippen LogP contribution is 2.36. The highest BCUT2D eigenvalue weighted by molar-refractivity contribution is 5.74. The third kappa shape index (κ3) is 6.22. The minimum atomic E-state index is -4.60. The predicted molar refractivity (Wildman–Crippen MR) is 146 cm³/mol. The van der Waals surface area contributed by atoms with E-state index in [4.69, 9.17) is 0 Å². The summed E-state index contributed by atoms with van der Waals surface area (Å²) < 4.78 is 42.3. The average Bonchev–Trinajstić information content (AvgIpc) is 3.68. The Morgan fingerprint density at radius 1 is 1.18 bits per heavy atom. The van der Waals surface area contributed by atoms with Crippen molar-refractivity contribution in [1.82, 2.24) is 35.7 Å². The summed E-state index contributed by atoms with van der Waals surface area (Å²) in [5.41, 5.74) is 1.51. The molecule has 4 N–H and O–H groups in total. The van der Waals surface area contributed by atoms with Crippen LogP contribution >= 0.6 is 0 Å². The molecule has 0 spiro atoms. The van der Waals surface area contributed by atoms with Crippen LogP contribution in [-0.2, 0) is 12.7 Å². The maximum atomic E-state index is 14.1. The number of nitrogens with zero attached hydrogens (tertiary/aromatic N) is 4. The number of likely N-dealkylation sites (tertiary alicyclic amines) is 1. The van der Waals surface area contributed by atoms with Crippen LogP contribution in [0.2, 0.25) is 0 Å². The smallest absolute Gasteiger partial charge is 0.334 e. The maximum absolute atomic E-state index is 14.1. The first-order valence-corrected chi connectivity index (χ1v) is 13.6. The topological polar surface area (TPSA) is 111 Å². The van der Waals surface area contributed by atoms with Gasteiger partial charge in [0.15, 0.2) is 0 Å². The molecule has 2 saturated heterocycles. The first kappa shape index (κ1) is 27.9. The van der Waals surface area contributed by atoms with Crippen molar-refractivity contribution in [1.29, 1.82) is 0 Å². The Kier molecular flexibility index (Phi) is 7.72. The van der Waals surface area contributed by atoms with E-state index in [0.717, 1.165) is 43.4 Å². The third-order valence-electron chi connectivity index (χ3n) is 7.86. The van der Waals surface area contributed by atoms with Crippen molar-refractivity contribution in [3.63, 3.8) is 0 Å². The molecule has 40 heavy (non-hydrogen) atoms. The summed E-state index contributed by atoms with van der Waals surface area (Å²) in [5, 5.41) is 16.4. The summed E-state index contributed by atoms with van der Waals surface area (Å²) in [6.45, 7) is 9.12. The minimum absolute atomic E-state index is 0.00298. The van der Waals surface area contributed by atoms with Crippen LogP contribution in [0.4, 0.5) is 29.6 Å². The van der Waals surface area contributed by atoms with Gasteiger partial charge in [-0.3, -0.25) is 5.10 Å². The molecule has 2 fully saturated rings. The lowest BCUT2D eigenvalue weighted by Crippen LogP contribution is -2.39. The van der Waals surface area contributed by atoms with E-state index in [-0.39, 0.29) is 35.4 Å². The molecule has 9 nitrogen and oxygen atoms in total. The highest BCUT2D eigenvalue weighted by atomic mass is 19.4. The number of urea groups is 1. The SMILES string of the molecule is CC(C)(C)C1CCN(C(=O)NCc2ccc(-c3ccnc(Nc4c[nH]nc4[C@@H]4CCNC4)n3)cc2C(F)(F)F)C1. The van der Waals surface area contributed by atoms with Crippen LogP contribution in [-0.4, -0.2) is 57.3 Å².